The van der Waals surface area contributed by atoms with E-state index in [9.17, 15) is 4.79 Å². The number of hydrogen-bond donors (Lipinski definition) is 1. The van der Waals surface area contributed by atoms with E-state index in [1.54, 1.807) is 6.20 Å². The predicted octanol–water partition coefficient (Wildman–Crippen LogP) is 4.09. The molecule has 2 heterocycles. The third-order valence-electron chi connectivity index (χ3n) is 4.72. The summed E-state index contributed by atoms with van der Waals surface area (Å²) in [7, 11) is 0. The number of nitrogens with zero attached hydrogens (tertiary/aromatic N) is 4. The van der Waals surface area contributed by atoms with E-state index in [0.29, 0.717) is 17.2 Å². The normalized spacial score (nSPS) is 14.6. The molecule has 1 N–H and O–H groups in total. The van der Waals surface area contributed by atoms with Crippen LogP contribution in [0.2, 0.25) is 0 Å². The molecule has 0 aliphatic heterocycles. The van der Waals surface area contributed by atoms with Crippen LogP contribution in [0.1, 0.15) is 37.3 Å². The molecule has 2 aromatic heterocycles. The van der Waals surface area contributed by atoms with E-state index >= 15 is 0 Å². The number of carbonyl (C=O) groups is 1. The van der Waals surface area contributed by atoms with Gasteiger partial charge in [-0.1, -0.05) is 42.8 Å². The van der Waals surface area contributed by atoms with Crippen LogP contribution in [-0.2, 0) is 4.79 Å². The number of thioether (sulfide) groups is 1. The van der Waals surface area contributed by atoms with Gasteiger partial charge < -0.3 is 9.73 Å². The smallest absolute Gasteiger partial charge is 0.277 e. The SMILES string of the molecule is Cc1ccccc1-c1nnc(SCC(=O)Nc2ccnn2C2CCCC2)o1. The zero-order valence-electron chi connectivity index (χ0n) is 15.1. The molecule has 1 aliphatic carbocycles. The Labute approximate surface area is 161 Å². The molecule has 0 unspecified atom stereocenters. The van der Waals surface area contributed by atoms with Gasteiger partial charge in [0.2, 0.25) is 11.8 Å². The number of benzene rings is 1. The summed E-state index contributed by atoms with van der Waals surface area (Å²) >= 11 is 1.23. The molecular formula is C19H21N5O2S. The lowest BCUT2D eigenvalue weighted by molar-refractivity contribution is -0.113. The lowest BCUT2D eigenvalue weighted by Gasteiger charge is -2.14. The average Bonchev–Trinajstić information content (AvgIpc) is 3.42. The summed E-state index contributed by atoms with van der Waals surface area (Å²) in [5.41, 5.74) is 1.97. The van der Waals surface area contributed by atoms with Gasteiger partial charge in [0.25, 0.3) is 5.22 Å². The molecule has 0 radical (unpaired) electrons. The first kappa shape index (κ1) is 17.8. The predicted molar refractivity (Wildman–Crippen MR) is 104 cm³/mol. The summed E-state index contributed by atoms with van der Waals surface area (Å²) in [6.07, 6.45) is 6.39. The molecule has 1 fully saturated rings. The third-order valence-corrected chi connectivity index (χ3v) is 5.54. The monoisotopic (exact) mass is 383 g/mol. The molecule has 0 atom stereocenters. The van der Waals surface area contributed by atoms with Gasteiger partial charge in [0.05, 0.1) is 18.0 Å². The summed E-state index contributed by atoms with van der Waals surface area (Å²) < 4.78 is 7.61. The summed E-state index contributed by atoms with van der Waals surface area (Å²) in [4.78, 5) is 12.3. The van der Waals surface area contributed by atoms with Crippen molar-refractivity contribution < 1.29 is 9.21 Å². The fourth-order valence-electron chi connectivity index (χ4n) is 3.35. The van der Waals surface area contributed by atoms with Crippen LogP contribution in [-0.4, -0.2) is 31.6 Å². The van der Waals surface area contributed by atoms with E-state index in [0.717, 1.165) is 29.8 Å². The topological polar surface area (TPSA) is 85.8 Å². The number of carbonyl (C=O) groups excluding carboxylic acids is 1. The van der Waals surface area contributed by atoms with Crippen molar-refractivity contribution in [2.45, 2.75) is 43.9 Å². The third kappa shape index (κ3) is 4.05. The van der Waals surface area contributed by atoms with Gasteiger partial charge in [-0.2, -0.15) is 5.10 Å². The molecule has 4 rings (SSSR count). The van der Waals surface area contributed by atoms with Crippen LogP contribution in [0.5, 0.6) is 0 Å². The molecule has 140 valence electrons. The van der Waals surface area contributed by atoms with Crippen molar-refractivity contribution in [3.05, 3.63) is 42.1 Å². The highest BCUT2D eigenvalue weighted by atomic mass is 32.2. The number of nitrogens with one attached hydrogen (secondary N) is 1. The van der Waals surface area contributed by atoms with E-state index in [1.165, 1.54) is 24.6 Å². The van der Waals surface area contributed by atoms with Gasteiger partial charge in [-0.25, -0.2) is 4.68 Å². The number of aryl methyl sites for hydroxylation is 1. The van der Waals surface area contributed by atoms with Crippen molar-refractivity contribution >= 4 is 23.5 Å². The van der Waals surface area contributed by atoms with E-state index < -0.39 is 0 Å². The summed E-state index contributed by atoms with van der Waals surface area (Å²) in [5.74, 6) is 1.30. The Balaban J connectivity index is 1.35. The second-order valence-electron chi connectivity index (χ2n) is 6.62. The van der Waals surface area contributed by atoms with Gasteiger partial charge >= 0.3 is 0 Å². The molecular weight excluding hydrogens is 362 g/mol. The highest BCUT2D eigenvalue weighted by Gasteiger charge is 2.20. The summed E-state index contributed by atoms with van der Waals surface area (Å²) in [6.45, 7) is 1.99. The minimum absolute atomic E-state index is 0.115. The van der Waals surface area contributed by atoms with Crippen molar-refractivity contribution in [3.8, 4) is 11.5 Å². The Morgan fingerprint density at radius 2 is 2.07 bits per heavy atom. The van der Waals surface area contributed by atoms with Gasteiger partial charge in [-0.15, -0.1) is 10.2 Å². The molecule has 0 saturated heterocycles. The standard InChI is InChI=1S/C19H21N5O2S/c1-13-6-2-5-9-15(13)18-22-23-19(26-18)27-12-17(25)21-16-10-11-20-24(16)14-7-3-4-8-14/h2,5-6,9-11,14H,3-4,7-8,12H2,1H3,(H,21,25). The van der Waals surface area contributed by atoms with Gasteiger partial charge in [0, 0.05) is 11.6 Å². The fourth-order valence-corrected chi connectivity index (χ4v) is 3.91. The van der Waals surface area contributed by atoms with Crippen LogP contribution in [0, 0.1) is 6.92 Å². The number of hydrogen-bond acceptors (Lipinski definition) is 6. The molecule has 0 bridgehead atoms. The largest absolute Gasteiger partial charge is 0.411 e. The van der Waals surface area contributed by atoms with Crippen molar-refractivity contribution in [2.75, 3.05) is 11.1 Å². The Kier molecular flexibility index (Phi) is 5.24. The number of aromatic nitrogens is 4. The Hall–Kier alpha value is -2.61. The summed E-state index contributed by atoms with van der Waals surface area (Å²) in [5, 5.41) is 15.8. The van der Waals surface area contributed by atoms with Crippen LogP contribution in [0.25, 0.3) is 11.5 Å². The van der Waals surface area contributed by atoms with Crippen LogP contribution in [0.3, 0.4) is 0 Å². The highest BCUT2D eigenvalue weighted by molar-refractivity contribution is 7.99. The fraction of sp³-hybridized carbons (Fsp3) is 0.368. The van der Waals surface area contributed by atoms with Crippen molar-refractivity contribution in [1.29, 1.82) is 0 Å². The van der Waals surface area contributed by atoms with Crippen LogP contribution >= 0.6 is 11.8 Å². The zero-order valence-corrected chi connectivity index (χ0v) is 15.9. The first-order chi connectivity index (χ1) is 13.2. The molecule has 0 spiro atoms. The first-order valence-corrected chi connectivity index (χ1v) is 10.0. The maximum absolute atomic E-state index is 12.3. The van der Waals surface area contributed by atoms with Crippen molar-refractivity contribution in [2.24, 2.45) is 0 Å². The average molecular weight is 383 g/mol. The van der Waals surface area contributed by atoms with Gasteiger partial charge in [-0.05, 0) is 31.4 Å². The highest BCUT2D eigenvalue weighted by Crippen LogP contribution is 2.31. The van der Waals surface area contributed by atoms with E-state index in [2.05, 4.69) is 20.6 Å². The van der Waals surface area contributed by atoms with Gasteiger partial charge in [0.1, 0.15) is 5.82 Å². The maximum Gasteiger partial charge on any atom is 0.277 e. The summed E-state index contributed by atoms with van der Waals surface area (Å²) in [6, 6.07) is 10.0. The second kappa shape index (κ2) is 7.96. The maximum atomic E-state index is 12.3. The quantitative estimate of drug-likeness (QED) is 0.645. The van der Waals surface area contributed by atoms with Crippen molar-refractivity contribution in [1.82, 2.24) is 20.0 Å². The molecule has 7 nitrogen and oxygen atoms in total. The molecule has 8 heteroatoms. The molecule has 1 amide bonds. The van der Waals surface area contributed by atoms with Crippen molar-refractivity contribution in [3.63, 3.8) is 0 Å². The van der Waals surface area contributed by atoms with Gasteiger partial charge in [0.15, 0.2) is 0 Å². The molecule has 1 aromatic carbocycles. The minimum atomic E-state index is -0.115. The van der Waals surface area contributed by atoms with Crippen LogP contribution in [0.15, 0.2) is 46.2 Å². The van der Waals surface area contributed by atoms with Crippen LogP contribution in [0.4, 0.5) is 5.82 Å². The molecule has 3 aromatic rings. The van der Waals surface area contributed by atoms with E-state index in [1.807, 2.05) is 41.9 Å². The Bertz CT molecular complexity index is 930. The number of amides is 1. The van der Waals surface area contributed by atoms with E-state index in [-0.39, 0.29) is 11.7 Å². The van der Waals surface area contributed by atoms with Gasteiger partial charge in [-0.3, -0.25) is 4.79 Å². The zero-order chi connectivity index (χ0) is 18.6. The Morgan fingerprint density at radius 3 is 2.89 bits per heavy atom. The molecule has 1 saturated carbocycles. The number of anilines is 1. The Morgan fingerprint density at radius 1 is 1.26 bits per heavy atom. The lowest BCUT2D eigenvalue weighted by Crippen LogP contribution is -2.19. The minimum Gasteiger partial charge on any atom is -0.411 e. The van der Waals surface area contributed by atoms with E-state index in [4.69, 9.17) is 4.42 Å². The second-order valence-corrected chi connectivity index (χ2v) is 7.55. The molecule has 27 heavy (non-hydrogen) atoms. The van der Waals surface area contributed by atoms with Crippen LogP contribution < -0.4 is 5.32 Å². The lowest BCUT2D eigenvalue weighted by atomic mass is 10.1. The number of rotatable bonds is 6. The first-order valence-electron chi connectivity index (χ1n) is 9.06. The molecule has 1 aliphatic rings.